The Labute approximate surface area is 228 Å². The van der Waals surface area contributed by atoms with Crippen molar-refractivity contribution in [2.45, 2.75) is 39.8 Å². The highest BCUT2D eigenvalue weighted by molar-refractivity contribution is 7.80. The second kappa shape index (κ2) is 10.3. The van der Waals surface area contributed by atoms with Crippen LogP contribution in [-0.4, -0.2) is 27.7 Å². The van der Waals surface area contributed by atoms with Crippen LogP contribution in [0.2, 0.25) is 0 Å². The maximum Gasteiger partial charge on any atom is 0.221 e. The van der Waals surface area contributed by atoms with Crippen molar-refractivity contribution in [3.8, 4) is 11.4 Å². The molecule has 194 valence electrons. The molecule has 0 radical (unpaired) electrons. The molecule has 1 saturated heterocycles. The van der Waals surface area contributed by atoms with E-state index < -0.39 is 0 Å². The van der Waals surface area contributed by atoms with Crippen LogP contribution in [0.15, 0.2) is 72.9 Å². The summed E-state index contributed by atoms with van der Waals surface area (Å²) in [6.45, 7) is 7.89. The summed E-state index contributed by atoms with van der Waals surface area (Å²) in [7, 11) is 1.59. The predicted octanol–water partition coefficient (Wildman–Crippen LogP) is 5.94. The second-order valence-electron chi connectivity index (χ2n) is 9.51. The molecule has 38 heavy (non-hydrogen) atoms. The van der Waals surface area contributed by atoms with E-state index in [2.05, 4.69) is 76.2 Å². The van der Waals surface area contributed by atoms with Gasteiger partial charge in [-0.15, -0.1) is 0 Å². The van der Waals surface area contributed by atoms with Gasteiger partial charge in [0.25, 0.3) is 0 Å². The first-order valence-electron chi connectivity index (χ1n) is 12.5. The first-order chi connectivity index (χ1) is 18.3. The number of aryl methyl sites for hydroxylation is 2. The van der Waals surface area contributed by atoms with E-state index >= 15 is 0 Å². The normalized spacial score (nSPS) is 16.9. The van der Waals surface area contributed by atoms with Gasteiger partial charge in [0.05, 0.1) is 30.6 Å². The van der Waals surface area contributed by atoms with Gasteiger partial charge in [-0.25, -0.2) is 0 Å². The molecule has 2 aromatic heterocycles. The van der Waals surface area contributed by atoms with Gasteiger partial charge < -0.3 is 24.8 Å². The molecule has 0 aliphatic carbocycles. The van der Waals surface area contributed by atoms with Crippen molar-refractivity contribution in [3.05, 3.63) is 101 Å². The first-order valence-corrected chi connectivity index (χ1v) is 12.9. The summed E-state index contributed by atoms with van der Waals surface area (Å²) in [6.07, 6.45) is 1.80. The summed E-state index contributed by atoms with van der Waals surface area (Å²) in [4.78, 5) is 18.7. The molecule has 2 atom stereocenters. The van der Waals surface area contributed by atoms with E-state index in [1.807, 2.05) is 36.4 Å². The number of pyridine rings is 1. The average Bonchev–Trinajstić information content (AvgIpc) is 3.39. The number of carbonyl (C=O) groups excluding carboxylic acids is 1. The topological polar surface area (TPSA) is 71.4 Å². The molecule has 2 unspecified atom stereocenters. The minimum absolute atomic E-state index is 0.174. The number of benzene rings is 2. The van der Waals surface area contributed by atoms with E-state index in [1.54, 1.807) is 13.3 Å². The van der Waals surface area contributed by atoms with Gasteiger partial charge in [-0.3, -0.25) is 9.78 Å². The Morgan fingerprint density at radius 2 is 1.82 bits per heavy atom. The number of hydrogen-bond donors (Lipinski definition) is 2. The molecule has 4 aromatic rings. The molecule has 1 fully saturated rings. The smallest absolute Gasteiger partial charge is 0.221 e. The molecule has 3 heterocycles. The fourth-order valence-electron chi connectivity index (χ4n) is 5.35. The lowest BCUT2D eigenvalue weighted by atomic mass is 9.96. The number of methoxy groups -OCH3 is 1. The maximum atomic E-state index is 11.9. The van der Waals surface area contributed by atoms with E-state index in [-0.39, 0.29) is 18.0 Å². The number of rotatable bonds is 6. The van der Waals surface area contributed by atoms with Crippen molar-refractivity contribution >= 4 is 34.6 Å². The first kappa shape index (κ1) is 25.5. The van der Waals surface area contributed by atoms with Crippen LogP contribution >= 0.6 is 12.2 Å². The quantitative estimate of drug-likeness (QED) is 0.304. The largest absolute Gasteiger partial charge is 0.495 e. The molecule has 0 bridgehead atoms. The number of ether oxygens (including phenoxy) is 1. The highest BCUT2D eigenvalue weighted by Gasteiger charge is 2.42. The Morgan fingerprint density at radius 1 is 1.05 bits per heavy atom. The summed E-state index contributed by atoms with van der Waals surface area (Å²) in [5.74, 6) is 0.407. The van der Waals surface area contributed by atoms with Crippen molar-refractivity contribution in [1.82, 2.24) is 14.9 Å². The van der Waals surface area contributed by atoms with Crippen LogP contribution in [0, 0.1) is 20.8 Å². The Kier molecular flexibility index (Phi) is 6.91. The molecule has 2 N–H and O–H groups in total. The molecule has 1 amide bonds. The van der Waals surface area contributed by atoms with Crippen molar-refractivity contribution in [1.29, 1.82) is 0 Å². The highest BCUT2D eigenvalue weighted by Crippen LogP contribution is 2.45. The minimum Gasteiger partial charge on any atom is -0.495 e. The molecular weight excluding hydrogens is 494 g/mol. The number of nitrogens with one attached hydrogen (secondary N) is 2. The molecule has 0 saturated carbocycles. The van der Waals surface area contributed by atoms with Crippen molar-refractivity contribution in [2.24, 2.45) is 0 Å². The third-order valence-electron chi connectivity index (χ3n) is 7.02. The third-order valence-corrected chi connectivity index (χ3v) is 7.33. The zero-order valence-electron chi connectivity index (χ0n) is 22.1. The summed E-state index contributed by atoms with van der Waals surface area (Å²) in [5.41, 5.74) is 8.11. The number of carbonyl (C=O) groups is 1. The van der Waals surface area contributed by atoms with Crippen LogP contribution in [0.1, 0.15) is 47.2 Å². The van der Waals surface area contributed by atoms with E-state index in [1.165, 1.54) is 12.5 Å². The van der Waals surface area contributed by atoms with Gasteiger partial charge in [0.15, 0.2) is 5.11 Å². The Hall–Kier alpha value is -4.17. The maximum absolute atomic E-state index is 11.9. The molecule has 2 aromatic carbocycles. The standard InChI is InChI=1S/C30H31N5O2S/c1-18-10-6-7-12-26(18)34-19(2)16-23(20(34)3)29-28(24-11-8-9-15-31-24)33-30(38)35(29)22-13-14-27(37-5)25(17-22)32-21(4)36/h6-17,28-29H,1-5H3,(H,32,36)(H,33,38). The number of anilines is 2. The number of aromatic nitrogens is 2. The SMILES string of the molecule is COc1ccc(N2C(=S)NC(c3ccccn3)C2c2cc(C)n(-c3ccccc3C)c2C)cc1NC(C)=O. The van der Waals surface area contributed by atoms with E-state index in [0.29, 0.717) is 16.5 Å². The van der Waals surface area contributed by atoms with Crippen LogP contribution in [0.4, 0.5) is 11.4 Å². The van der Waals surface area contributed by atoms with Crippen LogP contribution in [-0.2, 0) is 4.79 Å². The summed E-state index contributed by atoms with van der Waals surface area (Å²) in [6, 6.07) is 21.9. The molecule has 1 aliphatic rings. The fourth-order valence-corrected chi connectivity index (χ4v) is 5.70. The molecule has 5 rings (SSSR count). The summed E-state index contributed by atoms with van der Waals surface area (Å²) in [5, 5.41) is 7.00. The van der Waals surface area contributed by atoms with Crippen molar-refractivity contribution in [2.75, 3.05) is 17.3 Å². The Morgan fingerprint density at radius 3 is 2.50 bits per heavy atom. The van der Waals surface area contributed by atoms with Gasteiger partial charge in [0.2, 0.25) is 5.91 Å². The van der Waals surface area contributed by atoms with Gasteiger partial charge in [0.1, 0.15) is 5.75 Å². The average molecular weight is 526 g/mol. The van der Waals surface area contributed by atoms with Crippen LogP contribution < -0.4 is 20.3 Å². The number of thiocarbonyl (C=S) groups is 1. The van der Waals surface area contributed by atoms with E-state index in [0.717, 1.165) is 34.0 Å². The minimum atomic E-state index is -0.181. The third kappa shape index (κ3) is 4.52. The van der Waals surface area contributed by atoms with Crippen LogP contribution in [0.25, 0.3) is 5.69 Å². The van der Waals surface area contributed by atoms with Crippen LogP contribution in [0.3, 0.4) is 0 Å². The van der Waals surface area contributed by atoms with Crippen molar-refractivity contribution in [3.63, 3.8) is 0 Å². The number of amides is 1. The lowest BCUT2D eigenvalue weighted by molar-refractivity contribution is -0.114. The van der Waals surface area contributed by atoms with Gasteiger partial charge in [-0.1, -0.05) is 24.3 Å². The van der Waals surface area contributed by atoms with E-state index in [9.17, 15) is 4.79 Å². The zero-order valence-corrected chi connectivity index (χ0v) is 23.0. The highest BCUT2D eigenvalue weighted by atomic mass is 32.1. The molecule has 1 aliphatic heterocycles. The summed E-state index contributed by atoms with van der Waals surface area (Å²) < 4.78 is 7.80. The molecule has 8 heteroatoms. The molecule has 0 spiro atoms. The van der Waals surface area contributed by atoms with E-state index in [4.69, 9.17) is 17.0 Å². The summed E-state index contributed by atoms with van der Waals surface area (Å²) >= 11 is 5.93. The Balaban J connectivity index is 1.69. The van der Waals surface area contributed by atoms with Crippen molar-refractivity contribution < 1.29 is 9.53 Å². The van der Waals surface area contributed by atoms with Gasteiger partial charge in [-0.05, 0) is 86.6 Å². The Bertz CT molecular complexity index is 1510. The zero-order chi connectivity index (χ0) is 27.0. The van der Waals surface area contributed by atoms with Crippen LogP contribution in [0.5, 0.6) is 5.75 Å². The monoisotopic (exact) mass is 525 g/mol. The fraction of sp³-hybridized carbons (Fsp3) is 0.233. The van der Waals surface area contributed by atoms with Gasteiger partial charge >= 0.3 is 0 Å². The lowest BCUT2D eigenvalue weighted by Crippen LogP contribution is -2.29. The molecule has 7 nitrogen and oxygen atoms in total. The van der Waals surface area contributed by atoms with Gasteiger partial charge in [-0.2, -0.15) is 0 Å². The second-order valence-corrected chi connectivity index (χ2v) is 9.90. The number of para-hydroxylation sites is 1. The number of nitrogens with zero attached hydrogens (tertiary/aromatic N) is 3. The van der Waals surface area contributed by atoms with Gasteiger partial charge in [0, 0.05) is 35.9 Å². The predicted molar refractivity (Wildman–Crippen MR) is 155 cm³/mol. The lowest BCUT2D eigenvalue weighted by Gasteiger charge is -2.29. The molecular formula is C30H31N5O2S. The number of hydrogen-bond acceptors (Lipinski definition) is 4.